The fraction of sp³-hybridized carbons (Fsp3) is 1.00. The molecular weight excluding hydrogens is 162 g/mol. The second-order valence-electron chi connectivity index (χ2n) is 3.55. The SMILES string of the molecule is C[SiH](C)NC(C)(C)C.[Ti]. The van der Waals surface area contributed by atoms with E-state index in [-0.39, 0.29) is 21.7 Å². The Kier molecular flexibility index (Phi) is 6.51. The molecule has 3 heteroatoms. The minimum absolute atomic E-state index is 0. The summed E-state index contributed by atoms with van der Waals surface area (Å²) in [5.74, 6) is 0. The Hall–Kier alpha value is 0.891. The van der Waals surface area contributed by atoms with Crippen LogP contribution in [0.2, 0.25) is 13.1 Å². The van der Waals surface area contributed by atoms with E-state index < -0.39 is 8.96 Å². The van der Waals surface area contributed by atoms with Crippen LogP contribution in [0.4, 0.5) is 0 Å². The van der Waals surface area contributed by atoms with Crippen molar-refractivity contribution in [1.82, 2.24) is 4.98 Å². The van der Waals surface area contributed by atoms with E-state index >= 15 is 0 Å². The number of nitrogens with one attached hydrogen (secondary N) is 1. The summed E-state index contributed by atoms with van der Waals surface area (Å²) in [7, 11) is -0.546. The molecular formula is C6H17NSiTi. The zero-order chi connectivity index (χ0) is 6.78. The summed E-state index contributed by atoms with van der Waals surface area (Å²) in [5, 5.41) is 0. The maximum atomic E-state index is 3.52. The van der Waals surface area contributed by atoms with Crippen LogP contribution < -0.4 is 4.98 Å². The van der Waals surface area contributed by atoms with Crippen molar-refractivity contribution in [3.63, 3.8) is 0 Å². The maximum Gasteiger partial charge on any atom is 0.103 e. The number of hydrogen-bond donors (Lipinski definition) is 1. The number of hydrogen-bond acceptors (Lipinski definition) is 1. The average Bonchev–Trinajstić information content (AvgIpc) is 1.21. The molecule has 0 saturated heterocycles. The van der Waals surface area contributed by atoms with Crippen LogP contribution in [0, 0.1) is 0 Å². The first-order valence-electron chi connectivity index (χ1n) is 3.19. The fourth-order valence-corrected chi connectivity index (χ4v) is 2.60. The molecule has 0 aromatic heterocycles. The molecule has 0 aliphatic heterocycles. The van der Waals surface area contributed by atoms with Crippen LogP contribution in [0.15, 0.2) is 0 Å². The first-order valence-corrected chi connectivity index (χ1v) is 6.08. The monoisotopic (exact) mass is 179 g/mol. The Bertz CT molecular complexity index is 67.9. The molecule has 0 heterocycles. The van der Waals surface area contributed by atoms with Gasteiger partial charge in [-0.3, -0.25) is 0 Å². The molecule has 0 saturated carbocycles. The molecule has 0 unspecified atom stereocenters. The molecule has 54 valence electrons. The molecule has 0 bridgehead atoms. The molecule has 9 heavy (non-hydrogen) atoms. The van der Waals surface area contributed by atoms with Crippen molar-refractivity contribution in [2.45, 2.75) is 39.4 Å². The van der Waals surface area contributed by atoms with Gasteiger partial charge >= 0.3 is 0 Å². The number of rotatable bonds is 1. The van der Waals surface area contributed by atoms with Gasteiger partial charge in [0.05, 0.1) is 0 Å². The zero-order valence-corrected chi connectivity index (χ0v) is 9.79. The van der Waals surface area contributed by atoms with Gasteiger partial charge in [0, 0.05) is 27.3 Å². The molecule has 0 spiro atoms. The second kappa shape index (κ2) is 4.67. The Balaban J connectivity index is 0. The van der Waals surface area contributed by atoms with E-state index in [9.17, 15) is 0 Å². The van der Waals surface area contributed by atoms with Crippen LogP contribution >= 0.6 is 0 Å². The predicted molar refractivity (Wildman–Crippen MR) is 41.8 cm³/mol. The molecule has 1 N–H and O–H groups in total. The normalized spacial score (nSPS) is 11.3. The Labute approximate surface area is 75.2 Å². The van der Waals surface area contributed by atoms with Crippen LogP contribution in [0.25, 0.3) is 0 Å². The van der Waals surface area contributed by atoms with Crippen LogP contribution in [-0.4, -0.2) is 14.5 Å². The molecule has 1 nitrogen and oxygen atoms in total. The molecule has 0 amide bonds. The second-order valence-corrected chi connectivity index (χ2v) is 6.15. The van der Waals surface area contributed by atoms with Gasteiger partial charge in [-0.15, -0.1) is 0 Å². The van der Waals surface area contributed by atoms with Crippen molar-refractivity contribution >= 4 is 8.96 Å². The van der Waals surface area contributed by atoms with E-state index in [1.807, 2.05) is 0 Å². The standard InChI is InChI=1S/C6H17NSi.Ti/c1-6(2,3)7-8(4)5;/h7-8H,1-5H3;. The Morgan fingerprint density at radius 2 is 1.44 bits per heavy atom. The molecule has 0 aromatic carbocycles. The largest absolute Gasteiger partial charge is 0.335 e. The quantitative estimate of drug-likeness (QED) is 0.599. The predicted octanol–water partition coefficient (Wildman–Crippen LogP) is 1.36. The molecule has 0 fully saturated rings. The van der Waals surface area contributed by atoms with Crippen molar-refractivity contribution in [3.05, 3.63) is 0 Å². The Morgan fingerprint density at radius 3 is 1.44 bits per heavy atom. The molecule has 0 aliphatic rings. The summed E-state index contributed by atoms with van der Waals surface area (Å²) in [6.45, 7) is 11.2. The topological polar surface area (TPSA) is 12.0 Å². The van der Waals surface area contributed by atoms with E-state index in [0.29, 0.717) is 5.54 Å². The van der Waals surface area contributed by atoms with Crippen LogP contribution in [0.3, 0.4) is 0 Å². The van der Waals surface area contributed by atoms with E-state index in [4.69, 9.17) is 0 Å². The van der Waals surface area contributed by atoms with Gasteiger partial charge in [0.2, 0.25) is 0 Å². The fourth-order valence-electron chi connectivity index (χ4n) is 0.866. The Morgan fingerprint density at radius 1 is 1.11 bits per heavy atom. The van der Waals surface area contributed by atoms with E-state index in [1.165, 1.54) is 0 Å². The van der Waals surface area contributed by atoms with Crippen LogP contribution in [-0.2, 0) is 21.7 Å². The van der Waals surface area contributed by atoms with Gasteiger partial charge in [0.25, 0.3) is 0 Å². The van der Waals surface area contributed by atoms with Gasteiger partial charge in [0.15, 0.2) is 0 Å². The van der Waals surface area contributed by atoms with Crippen LogP contribution in [0.5, 0.6) is 0 Å². The van der Waals surface area contributed by atoms with E-state index in [2.05, 4.69) is 38.8 Å². The van der Waals surface area contributed by atoms with Crippen LogP contribution in [0.1, 0.15) is 20.8 Å². The third kappa shape index (κ3) is 12.2. The molecule has 0 rings (SSSR count). The molecule has 0 radical (unpaired) electrons. The van der Waals surface area contributed by atoms with Crippen molar-refractivity contribution in [2.75, 3.05) is 0 Å². The average molecular weight is 179 g/mol. The van der Waals surface area contributed by atoms with Gasteiger partial charge in [-0.05, 0) is 20.8 Å². The first kappa shape index (κ1) is 12.6. The van der Waals surface area contributed by atoms with Crippen molar-refractivity contribution < 1.29 is 21.7 Å². The van der Waals surface area contributed by atoms with Gasteiger partial charge in [0.1, 0.15) is 8.96 Å². The summed E-state index contributed by atoms with van der Waals surface area (Å²) < 4.78 is 0. The van der Waals surface area contributed by atoms with Gasteiger partial charge in [-0.1, -0.05) is 13.1 Å². The van der Waals surface area contributed by atoms with E-state index in [1.54, 1.807) is 0 Å². The molecule has 0 aliphatic carbocycles. The summed E-state index contributed by atoms with van der Waals surface area (Å²) in [4.78, 5) is 3.52. The van der Waals surface area contributed by atoms with Crippen molar-refractivity contribution in [3.8, 4) is 0 Å². The van der Waals surface area contributed by atoms with E-state index in [0.717, 1.165) is 0 Å². The third-order valence-corrected chi connectivity index (χ3v) is 2.17. The summed E-state index contributed by atoms with van der Waals surface area (Å²) in [5.41, 5.74) is 0.334. The third-order valence-electron chi connectivity index (χ3n) is 0.722. The van der Waals surface area contributed by atoms with Gasteiger partial charge < -0.3 is 4.98 Å². The van der Waals surface area contributed by atoms with Gasteiger partial charge in [-0.2, -0.15) is 0 Å². The zero-order valence-electron chi connectivity index (χ0n) is 7.08. The minimum atomic E-state index is -0.546. The maximum absolute atomic E-state index is 3.52. The summed E-state index contributed by atoms with van der Waals surface area (Å²) in [6, 6.07) is 0. The smallest absolute Gasteiger partial charge is 0.103 e. The van der Waals surface area contributed by atoms with Gasteiger partial charge in [-0.25, -0.2) is 0 Å². The molecule has 0 atom stereocenters. The van der Waals surface area contributed by atoms with Crippen molar-refractivity contribution in [2.24, 2.45) is 0 Å². The first-order chi connectivity index (χ1) is 3.42. The summed E-state index contributed by atoms with van der Waals surface area (Å²) in [6.07, 6.45) is 0. The molecule has 0 aromatic rings. The van der Waals surface area contributed by atoms with Crippen molar-refractivity contribution in [1.29, 1.82) is 0 Å². The minimum Gasteiger partial charge on any atom is -0.335 e. The summed E-state index contributed by atoms with van der Waals surface area (Å²) >= 11 is 0.